The van der Waals surface area contributed by atoms with Gasteiger partial charge in [-0.1, -0.05) is 25.3 Å². The molecule has 1 saturated carbocycles. The normalized spacial score (nSPS) is 15.2. The maximum Gasteiger partial charge on any atom is 0.251 e. The Kier molecular flexibility index (Phi) is 8.66. The summed E-state index contributed by atoms with van der Waals surface area (Å²) in [5.74, 6) is 1.06. The van der Waals surface area contributed by atoms with E-state index in [4.69, 9.17) is 9.40 Å². The largest absolute Gasteiger partial charge is 0.513 e. The van der Waals surface area contributed by atoms with Crippen LogP contribution in [0.3, 0.4) is 0 Å². The van der Waals surface area contributed by atoms with E-state index in [-0.39, 0.29) is 11.7 Å². The number of allylic oxidation sites excluding steroid dienone is 2. The quantitative estimate of drug-likeness (QED) is 0.164. The molecule has 1 aliphatic rings. The number of furan rings is 1. The third kappa shape index (κ3) is 6.27. The van der Waals surface area contributed by atoms with Crippen LogP contribution in [0.1, 0.15) is 68.3 Å². The second-order valence-electron chi connectivity index (χ2n) is 9.37. The molecule has 2 heterocycles. The molecule has 7 heteroatoms. The van der Waals surface area contributed by atoms with Gasteiger partial charge < -0.3 is 24.7 Å². The van der Waals surface area contributed by atoms with Crippen LogP contribution in [-0.2, 0) is 0 Å². The minimum atomic E-state index is -0.124. The zero-order valence-corrected chi connectivity index (χ0v) is 21.0. The standard InChI is InChI=1S/C29H36N4O3/c1-3-15-30-19-22(10-9-21(2)34)13-16-31-29(35)23-11-12-27-26(18-23)32-28(24-14-17-36-20-24)33(27)25-7-5-4-6-8-25/h3,9,11-12,14,17-20,25,30,34H,1,4-8,10,13,15-16H2,2H3,(H,31,35)/b21-9+,22-19+. The Morgan fingerprint density at radius 1 is 1.28 bits per heavy atom. The topological polar surface area (TPSA) is 92.3 Å². The van der Waals surface area contributed by atoms with Gasteiger partial charge in [0.15, 0.2) is 0 Å². The van der Waals surface area contributed by atoms with Crippen LogP contribution in [0.15, 0.2) is 77.5 Å². The first-order chi connectivity index (χ1) is 17.6. The monoisotopic (exact) mass is 488 g/mol. The molecule has 0 spiro atoms. The Morgan fingerprint density at radius 3 is 2.83 bits per heavy atom. The van der Waals surface area contributed by atoms with Gasteiger partial charge in [-0.3, -0.25) is 4.79 Å². The van der Waals surface area contributed by atoms with E-state index < -0.39 is 0 Å². The maximum atomic E-state index is 13.0. The van der Waals surface area contributed by atoms with E-state index in [0.717, 1.165) is 40.8 Å². The molecule has 3 N–H and O–H groups in total. The molecule has 0 saturated heterocycles. The van der Waals surface area contributed by atoms with Crippen LogP contribution >= 0.6 is 0 Å². The molecule has 4 rings (SSSR count). The summed E-state index contributed by atoms with van der Waals surface area (Å²) in [5.41, 5.74) is 4.51. The smallest absolute Gasteiger partial charge is 0.251 e. The summed E-state index contributed by atoms with van der Waals surface area (Å²) < 4.78 is 7.68. The molecule has 1 fully saturated rings. The highest BCUT2D eigenvalue weighted by molar-refractivity contribution is 5.97. The molecule has 1 amide bonds. The van der Waals surface area contributed by atoms with Gasteiger partial charge in [0.1, 0.15) is 12.1 Å². The van der Waals surface area contributed by atoms with Crippen LogP contribution < -0.4 is 10.6 Å². The predicted molar refractivity (Wildman–Crippen MR) is 144 cm³/mol. The molecule has 0 aliphatic heterocycles. The van der Waals surface area contributed by atoms with E-state index in [2.05, 4.69) is 21.8 Å². The first-order valence-electron chi connectivity index (χ1n) is 12.8. The zero-order valence-electron chi connectivity index (χ0n) is 21.0. The molecule has 3 aromatic rings. The minimum absolute atomic E-state index is 0.124. The van der Waals surface area contributed by atoms with Gasteiger partial charge in [0.25, 0.3) is 5.91 Å². The molecule has 36 heavy (non-hydrogen) atoms. The average Bonchev–Trinajstić information content (AvgIpc) is 3.55. The molecular weight excluding hydrogens is 452 g/mol. The van der Waals surface area contributed by atoms with Gasteiger partial charge in [0, 0.05) is 24.7 Å². The van der Waals surface area contributed by atoms with Crippen molar-refractivity contribution in [3.63, 3.8) is 0 Å². The summed E-state index contributed by atoms with van der Waals surface area (Å²) in [6, 6.07) is 8.14. The van der Waals surface area contributed by atoms with Crippen LogP contribution in [0.2, 0.25) is 0 Å². The van der Waals surface area contributed by atoms with Crippen molar-refractivity contribution in [1.29, 1.82) is 0 Å². The van der Waals surface area contributed by atoms with Crippen molar-refractivity contribution in [1.82, 2.24) is 20.2 Å². The number of carbonyl (C=O) groups is 1. The first-order valence-corrected chi connectivity index (χ1v) is 12.8. The summed E-state index contributed by atoms with van der Waals surface area (Å²) in [5, 5.41) is 15.7. The molecule has 0 atom stereocenters. The molecule has 0 unspecified atom stereocenters. The second kappa shape index (κ2) is 12.3. The lowest BCUT2D eigenvalue weighted by Gasteiger charge is -2.25. The Morgan fingerprint density at radius 2 is 2.11 bits per heavy atom. The number of nitrogens with one attached hydrogen (secondary N) is 2. The van der Waals surface area contributed by atoms with E-state index in [0.29, 0.717) is 37.5 Å². The number of aromatic nitrogens is 2. The Labute approximate surface area is 212 Å². The lowest BCUT2D eigenvalue weighted by Crippen LogP contribution is -2.25. The summed E-state index contributed by atoms with van der Waals surface area (Å²) in [6.07, 6.45) is 16.2. The fourth-order valence-electron chi connectivity index (χ4n) is 4.78. The maximum absolute atomic E-state index is 13.0. The SMILES string of the molecule is C=CCN/C=C(\C/C=C(\C)O)CCNC(=O)c1ccc2c(c1)nc(-c1ccoc1)n2C1CCCCC1. The number of nitrogens with zero attached hydrogens (tertiary/aromatic N) is 2. The zero-order chi connectivity index (χ0) is 25.3. The van der Waals surface area contributed by atoms with Crippen molar-refractivity contribution in [2.24, 2.45) is 0 Å². The highest BCUT2D eigenvalue weighted by Crippen LogP contribution is 2.36. The summed E-state index contributed by atoms with van der Waals surface area (Å²) in [6.45, 7) is 6.51. The van der Waals surface area contributed by atoms with Gasteiger partial charge in [-0.05, 0) is 74.7 Å². The summed E-state index contributed by atoms with van der Waals surface area (Å²) >= 11 is 0. The number of benzene rings is 1. The van der Waals surface area contributed by atoms with Crippen molar-refractivity contribution in [3.05, 3.63) is 78.6 Å². The van der Waals surface area contributed by atoms with Crippen molar-refractivity contribution in [2.45, 2.75) is 57.9 Å². The molecule has 0 bridgehead atoms. The van der Waals surface area contributed by atoms with E-state index in [1.54, 1.807) is 31.6 Å². The molecule has 190 valence electrons. The molecule has 0 radical (unpaired) electrons. The molecule has 1 aromatic carbocycles. The highest BCUT2D eigenvalue weighted by Gasteiger charge is 2.23. The van der Waals surface area contributed by atoms with Crippen molar-refractivity contribution < 1.29 is 14.3 Å². The Hall–Kier alpha value is -3.74. The number of carbonyl (C=O) groups excluding carboxylic acids is 1. The number of hydrogen-bond acceptors (Lipinski definition) is 5. The van der Waals surface area contributed by atoms with E-state index >= 15 is 0 Å². The first kappa shape index (κ1) is 25.4. The van der Waals surface area contributed by atoms with E-state index in [1.807, 2.05) is 30.5 Å². The van der Waals surface area contributed by atoms with Crippen molar-refractivity contribution >= 4 is 16.9 Å². The third-order valence-corrected chi connectivity index (χ3v) is 6.63. The Bertz CT molecular complexity index is 1230. The van der Waals surface area contributed by atoms with Gasteiger partial charge in [-0.2, -0.15) is 0 Å². The van der Waals surface area contributed by atoms with E-state index in [1.165, 1.54) is 19.3 Å². The lowest BCUT2D eigenvalue weighted by atomic mass is 9.95. The highest BCUT2D eigenvalue weighted by atomic mass is 16.3. The van der Waals surface area contributed by atoms with Gasteiger partial charge in [-0.25, -0.2) is 4.98 Å². The van der Waals surface area contributed by atoms with Gasteiger partial charge >= 0.3 is 0 Å². The van der Waals surface area contributed by atoms with Crippen LogP contribution in [0.4, 0.5) is 0 Å². The molecule has 2 aromatic heterocycles. The molecular formula is C29H36N4O3. The third-order valence-electron chi connectivity index (χ3n) is 6.63. The van der Waals surface area contributed by atoms with Gasteiger partial charge in [0.05, 0.1) is 28.6 Å². The van der Waals surface area contributed by atoms with Crippen LogP contribution in [0.5, 0.6) is 0 Å². The molecule has 1 aliphatic carbocycles. The fraction of sp³-hybridized carbons (Fsp3) is 0.379. The van der Waals surface area contributed by atoms with Crippen molar-refractivity contribution in [2.75, 3.05) is 13.1 Å². The van der Waals surface area contributed by atoms with Gasteiger partial charge in [0.2, 0.25) is 0 Å². The predicted octanol–water partition coefficient (Wildman–Crippen LogP) is 6.43. The van der Waals surface area contributed by atoms with Crippen LogP contribution in [-0.4, -0.2) is 33.7 Å². The number of hydrogen-bond donors (Lipinski definition) is 3. The number of aliphatic hydroxyl groups is 1. The number of amides is 1. The number of imidazole rings is 1. The second-order valence-corrected chi connectivity index (χ2v) is 9.37. The number of rotatable bonds is 11. The molecule has 7 nitrogen and oxygen atoms in total. The minimum Gasteiger partial charge on any atom is -0.513 e. The lowest BCUT2D eigenvalue weighted by molar-refractivity contribution is 0.0954. The van der Waals surface area contributed by atoms with Crippen LogP contribution in [0, 0.1) is 0 Å². The number of aliphatic hydroxyl groups excluding tert-OH is 1. The summed E-state index contributed by atoms with van der Waals surface area (Å²) in [4.78, 5) is 17.9. The van der Waals surface area contributed by atoms with Gasteiger partial charge in [-0.15, -0.1) is 6.58 Å². The average molecular weight is 489 g/mol. The Balaban J connectivity index is 1.49. The number of fused-ring (bicyclic) bond motifs is 1. The van der Waals surface area contributed by atoms with Crippen molar-refractivity contribution in [3.8, 4) is 11.4 Å². The summed E-state index contributed by atoms with van der Waals surface area (Å²) in [7, 11) is 0. The van der Waals surface area contributed by atoms with E-state index in [9.17, 15) is 9.90 Å². The van der Waals surface area contributed by atoms with Crippen LogP contribution in [0.25, 0.3) is 22.4 Å². The fourth-order valence-corrected chi connectivity index (χ4v) is 4.78.